The van der Waals surface area contributed by atoms with Crippen LogP contribution in [0.5, 0.6) is 0 Å². The maximum atomic E-state index is 12.7. The highest BCUT2D eigenvalue weighted by Crippen LogP contribution is 2.35. The van der Waals surface area contributed by atoms with E-state index in [1.165, 1.54) is 12.1 Å². The maximum Gasteiger partial charge on any atom is 0.416 e. The Morgan fingerprint density at radius 2 is 1.75 bits per heavy atom. The molecule has 3 fully saturated rings. The summed E-state index contributed by atoms with van der Waals surface area (Å²) in [5.41, 5.74) is 0.814. The molecule has 5 rings (SSSR count). The van der Waals surface area contributed by atoms with Crippen LogP contribution in [-0.4, -0.2) is 45.9 Å². The maximum absolute atomic E-state index is 12.7. The van der Waals surface area contributed by atoms with Crippen LogP contribution in [0.1, 0.15) is 29.1 Å². The Labute approximate surface area is 161 Å². The first kappa shape index (κ1) is 18.7. The summed E-state index contributed by atoms with van der Waals surface area (Å²) in [5, 5.41) is 0. The van der Waals surface area contributed by atoms with Gasteiger partial charge in [-0.25, -0.2) is 9.97 Å². The van der Waals surface area contributed by atoms with Crippen molar-refractivity contribution in [2.45, 2.75) is 44.9 Å². The van der Waals surface area contributed by atoms with E-state index in [-0.39, 0.29) is 24.4 Å². The topological polar surface area (TPSA) is 49.3 Å². The van der Waals surface area contributed by atoms with Crippen molar-refractivity contribution in [3.05, 3.63) is 53.0 Å². The second-order valence-corrected chi connectivity index (χ2v) is 7.54. The normalized spacial score (nSPS) is 21.5. The van der Waals surface area contributed by atoms with Crippen LogP contribution in [-0.2, 0) is 17.4 Å². The molecule has 1 aromatic carbocycles. The highest BCUT2D eigenvalue weighted by molar-refractivity contribution is 5.81. The van der Waals surface area contributed by atoms with E-state index in [9.17, 15) is 18.0 Å². The number of hydrogen-bond acceptors (Lipinski definition) is 4. The number of alkyl halides is 3. The Balaban J connectivity index is 1.40. The molecule has 0 spiro atoms. The van der Waals surface area contributed by atoms with Crippen molar-refractivity contribution in [1.82, 2.24) is 14.9 Å². The molecule has 1 aromatic heterocycles. The van der Waals surface area contributed by atoms with Gasteiger partial charge < -0.3 is 9.80 Å². The number of piperidine rings is 1. The van der Waals surface area contributed by atoms with Gasteiger partial charge in [-0.1, -0.05) is 12.1 Å². The van der Waals surface area contributed by atoms with Gasteiger partial charge in [0, 0.05) is 24.8 Å². The summed E-state index contributed by atoms with van der Waals surface area (Å²) in [5.74, 6) is 1.58. The van der Waals surface area contributed by atoms with Crippen LogP contribution in [0.2, 0.25) is 0 Å². The van der Waals surface area contributed by atoms with Crippen LogP contribution in [0.15, 0.2) is 30.3 Å². The van der Waals surface area contributed by atoms with Crippen molar-refractivity contribution >= 4 is 11.7 Å². The van der Waals surface area contributed by atoms with E-state index in [0.29, 0.717) is 18.7 Å². The van der Waals surface area contributed by atoms with E-state index in [1.54, 1.807) is 0 Å². The Kier molecular flexibility index (Phi) is 4.51. The Hall–Kier alpha value is -2.64. The number of halogens is 3. The fraction of sp³-hybridized carbons (Fsp3) is 0.450. The van der Waals surface area contributed by atoms with Gasteiger partial charge in [-0.05, 0) is 38.0 Å². The van der Waals surface area contributed by atoms with Crippen LogP contribution in [0.3, 0.4) is 0 Å². The average molecular weight is 390 g/mol. The van der Waals surface area contributed by atoms with Crippen molar-refractivity contribution in [3.63, 3.8) is 0 Å². The summed E-state index contributed by atoms with van der Waals surface area (Å²) >= 11 is 0. The molecular formula is C20H21F3N4O. The van der Waals surface area contributed by atoms with Crippen molar-refractivity contribution in [2.24, 2.45) is 0 Å². The number of carbonyl (C=O) groups is 1. The molecule has 2 atom stereocenters. The van der Waals surface area contributed by atoms with Crippen LogP contribution in [0.4, 0.5) is 19.0 Å². The summed E-state index contributed by atoms with van der Waals surface area (Å²) in [6, 6.07) is 7.02. The second kappa shape index (κ2) is 6.76. The number of carbonyl (C=O) groups excluding carboxylic acids is 1. The van der Waals surface area contributed by atoms with Gasteiger partial charge in [-0.3, -0.25) is 4.79 Å². The first-order valence-corrected chi connectivity index (χ1v) is 9.25. The first-order valence-electron chi connectivity index (χ1n) is 9.25. The molecule has 3 saturated heterocycles. The quantitative estimate of drug-likeness (QED) is 0.808. The summed E-state index contributed by atoms with van der Waals surface area (Å²) < 4.78 is 38.0. The Bertz CT molecular complexity index is 865. The molecule has 3 aliphatic rings. The molecule has 0 saturated carbocycles. The fourth-order valence-corrected chi connectivity index (χ4v) is 4.14. The zero-order valence-electron chi connectivity index (χ0n) is 15.7. The lowest BCUT2D eigenvalue weighted by Gasteiger charge is -2.56. The van der Waals surface area contributed by atoms with Crippen molar-refractivity contribution < 1.29 is 18.0 Å². The largest absolute Gasteiger partial charge is 0.416 e. The summed E-state index contributed by atoms with van der Waals surface area (Å²) in [6.45, 7) is 5.22. The number of benzene rings is 1. The van der Waals surface area contributed by atoms with Gasteiger partial charge in [0.1, 0.15) is 11.6 Å². The number of amides is 1. The molecule has 28 heavy (non-hydrogen) atoms. The monoisotopic (exact) mass is 390 g/mol. The lowest BCUT2D eigenvalue weighted by Crippen LogP contribution is -2.70. The minimum atomic E-state index is -4.36. The number of hydrogen-bond donors (Lipinski definition) is 0. The van der Waals surface area contributed by atoms with Gasteiger partial charge >= 0.3 is 6.18 Å². The van der Waals surface area contributed by atoms with E-state index < -0.39 is 11.7 Å². The van der Waals surface area contributed by atoms with Gasteiger partial charge in [0.2, 0.25) is 5.91 Å². The number of aromatic nitrogens is 2. The van der Waals surface area contributed by atoms with Crippen LogP contribution < -0.4 is 4.90 Å². The van der Waals surface area contributed by atoms with Gasteiger partial charge in [0.25, 0.3) is 0 Å². The first-order chi connectivity index (χ1) is 13.2. The number of fused-ring (bicyclic) bond motifs is 2. The van der Waals surface area contributed by atoms with Crippen LogP contribution in [0, 0.1) is 13.8 Å². The number of anilines is 1. The third-order valence-corrected chi connectivity index (χ3v) is 5.39. The summed E-state index contributed by atoms with van der Waals surface area (Å²) in [7, 11) is 0. The molecule has 8 heteroatoms. The molecular weight excluding hydrogens is 369 g/mol. The Morgan fingerprint density at radius 1 is 1.11 bits per heavy atom. The predicted molar refractivity (Wildman–Crippen MR) is 97.9 cm³/mol. The number of aryl methyl sites for hydroxylation is 2. The number of piperazine rings is 1. The number of nitrogens with zero attached hydrogens (tertiary/aromatic N) is 4. The minimum absolute atomic E-state index is 0.0318. The average Bonchev–Trinajstić information content (AvgIpc) is 2.60. The second-order valence-electron chi connectivity index (χ2n) is 7.54. The van der Waals surface area contributed by atoms with Gasteiger partial charge in [-0.15, -0.1) is 0 Å². The molecule has 0 aliphatic carbocycles. The van der Waals surface area contributed by atoms with Crippen molar-refractivity contribution in [2.75, 3.05) is 18.0 Å². The van der Waals surface area contributed by atoms with Crippen LogP contribution >= 0.6 is 0 Å². The summed E-state index contributed by atoms with van der Waals surface area (Å²) in [6.07, 6.45) is -3.28. The van der Waals surface area contributed by atoms with Crippen LogP contribution in [0.25, 0.3) is 0 Å². The standard InChI is InChI=1S/C20H21F3N4O/c1-12-7-18(25-13(2)24-12)26-10-16-9-17(11-26)27(16)19(28)8-14-3-5-15(6-4-14)20(21,22)23/h3-7,16-17H,8-11H2,1-2H3. The molecule has 2 bridgehead atoms. The molecule has 1 amide bonds. The molecule has 3 aliphatic heterocycles. The molecule has 2 aromatic rings. The third kappa shape index (κ3) is 3.55. The lowest BCUT2D eigenvalue weighted by atomic mass is 9.86. The molecule has 2 unspecified atom stereocenters. The van der Waals surface area contributed by atoms with E-state index in [2.05, 4.69) is 14.9 Å². The van der Waals surface area contributed by atoms with E-state index in [0.717, 1.165) is 35.9 Å². The molecule has 0 radical (unpaired) electrons. The zero-order valence-corrected chi connectivity index (χ0v) is 15.7. The molecule has 148 valence electrons. The minimum Gasteiger partial charge on any atom is -0.352 e. The highest BCUT2D eigenvalue weighted by atomic mass is 19.4. The molecule has 5 nitrogen and oxygen atoms in total. The van der Waals surface area contributed by atoms with E-state index in [4.69, 9.17) is 0 Å². The van der Waals surface area contributed by atoms with Gasteiger partial charge in [-0.2, -0.15) is 13.2 Å². The van der Waals surface area contributed by atoms with Crippen molar-refractivity contribution in [1.29, 1.82) is 0 Å². The SMILES string of the molecule is Cc1cc(N2CC3CC(C2)N3C(=O)Cc2ccc(C(F)(F)F)cc2)nc(C)n1. The van der Waals surface area contributed by atoms with E-state index >= 15 is 0 Å². The third-order valence-electron chi connectivity index (χ3n) is 5.39. The van der Waals surface area contributed by atoms with Gasteiger partial charge in [0.15, 0.2) is 0 Å². The summed E-state index contributed by atoms with van der Waals surface area (Å²) in [4.78, 5) is 25.6. The predicted octanol–water partition coefficient (Wildman–Crippen LogP) is 3.14. The van der Waals surface area contributed by atoms with E-state index in [1.807, 2.05) is 24.8 Å². The lowest BCUT2D eigenvalue weighted by molar-refractivity contribution is -0.145. The molecule has 0 N–H and O–H groups in total. The number of rotatable bonds is 3. The van der Waals surface area contributed by atoms with Crippen molar-refractivity contribution in [3.8, 4) is 0 Å². The Morgan fingerprint density at radius 3 is 2.32 bits per heavy atom. The smallest absolute Gasteiger partial charge is 0.352 e. The molecule has 4 heterocycles. The van der Waals surface area contributed by atoms with Gasteiger partial charge in [0.05, 0.1) is 24.1 Å². The fourth-order valence-electron chi connectivity index (χ4n) is 4.14. The highest BCUT2D eigenvalue weighted by Gasteiger charge is 2.47. The zero-order chi connectivity index (χ0) is 20.1.